The molecule has 7 nitrogen and oxygen atoms in total. The van der Waals surface area contributed by atoms with Gasteiger partial charge >= 0.3 is 0 Å². The molecule has 0 fully saturated rings. The van der Waals surface area contributed by atoms with Crippen molar-refractivity contribution in [2.24, 2.45) is 0 Å². The van der Waals surface area contributed by atoms with Gasteiger partial charge in [0.1, 0.15) is 5.82 Å². The van der Waals surface area contributed by atoms with E-state index < -0.39 is 0 Å². The Morgan fingerprint density at radius 1 is 1.10 bits per heavy atom. The van der Waals surface area contributed by atoms with Crippen LogP contribution in [0.3, 0.4) is 0 Å². The Hall–Kier alpha value is -3.16. The number of carbonyl (C=O) groups excluding carboxylic acids is 1. The van der Waals surface area contributed by atoms with Crippen LogP contribution >= 0.6 is 23.2 Å². The van der Waals surface area contributed by atoms with Gasteiger partial charge in [-0.3, -0.25) is 14.2 Å². The maximum absolute atomic E-state index is 12.5. The standard InChI is InChI=1S/C21H17Cl2N5O2/c22-15-6-5-14(17(23)11-15)12-28-19(7-9-25-28)26-20(29)8-10-27-13-24-18-4-2-1-3-16(18)21(27)30/h1-7,9,11,13H,8,10,12H2,(H,26,29). The van der Waals surface area contributed by atoms with E-state index in [4.69, 9.17) is 23.2 Å². The Morgan fingerprint density at radius 2 is 1.93 bits per heavy atom. The van der Waals surface area contributed by atoms with Crippen molar-refractivity contribution in [1.29, 1.82) is 0 Å². The van der Waals surface area contributed by atoms with Gasteiger partial charge in [-0.1, -0.05) is 41.4 Å². The Bertz CT molecular complexity index is 1280. The highest BCUT2D eigenvalue weighted by atomic mass is 35.5. The van der Waals surface area contributed by atoms with E-state index in [-0.39, 0.29) is 24.4 Å². The average Bonchev–Trinajstić information content (AvgIpc) is 3.16. The maximum atomic E-state index is 12.5. The molecule has 9 heteroatoms. The fourth-order valence-electron chi connectivity index (χ4n) is 3.07. The fourth-order valence-corrected chi connectivity index (χ4v) is 3.54. The third-order valence-electron chi connectivity index (χ3n) is 4.63. The number of amides is 1. The molecule has 0 aliphatic carbocycles. The van der Waals surface area contributed by atoms with Crippen LogP contribution in [-0.2, 0) is 17.9 Å². The molecule has 1 amide bonds. The van der Waals surface area contributed by atoms with E-state index >= 15 is 0 Å². The third-order valence-corrected chi connectivity index (χ3v) is 5.22. The summed E-state index contributed by atoms with van der Waals surface area (Å²) >= 11 is 12.2. The average molecular weight is 442 g/mol. The van der Waals surface area contributed by atoms with E-state index in [2.05, 4.69) is 15.4 Å². The first-order chi connectivity index (χ1) is 14.5. The summed E-state index contributed by atoms with van der Waals surface area (Å²) in [6, 6.07) is 14.0. The van der Waals surface area contributed by atoms with Crippen LogP contribution in [0.4, 0.5) is 5.82 Å². The van der Waals surface area contributed by atoms with Crippen LogP contribution in [0.15, 0.2) is 65.8 Å². The van der Waals surface area contributed by atoms with Crippen LogP contribution in [0.1, 0.15) is 12.0 Å². The zero-order chi connectivity index (χ0) is 21.1. The van der Waals surface area contributed by atoms with E-state index in [0.717, 1.165) is 5.56 Å². The van der Waals surface area contributed by atoms with Crippen molar-refractivity contribution in [3.63, 3.8) is 0 Å². The van der Waals surface area contributed by atoms with E-state index in [9.17, 15) is 9.59 Å². The predicted octanol–water partition coefficient (Wildman–Crippen LogP) is 3.98. The lowest BCUT2D eigenvalue weighted by Crippen LogP contribution is -2.24. The van der Waals surface area contributed by atoms with Gasteiger partial charge in [0.25, 0.3) is 5.56 Å². The highest BCUT2D eigenvalue weighted by Gasteiger charge is 2.11. The molecule has 0 atom stereocenters. The minimum Gasteiger partial charge on any atom is -0.311 e. The number of hydrogen-bond acceptors (Lipinski definition) is 4. The van der Waals surface area contributed by atoms with Gasteiger partial charge in [0.2, 0.25) is 5.91 Å². The normalized spacial score (nSPS) is 11.0. The van der Waals surface area contributed by atoms with Gasteiger partial charge in [-0.15, -0.1) is 0 Å². The number of hydrogen-bond donors (Lipinski definition) is 1. The number of aromatic nitrogens is 4. The summed E-state index contributed by atoms with van der Waals surface area (Å²) in [7, 11) is 0. The van der Waals surface area contributed by atoms with Crippen molar-refractivity contribution in [3.8, 4) is 0 Å². The summed E-state index contributed by atoms with van der Waals surface area (Å²) in [5.41, 5.74) is 1.29. The monoisotopic (exact) mass is 441 g/mol. The summed E-state index contributed by atoms with van der Waals surface area (Å²) in [5.74, 6) is 0.300. The third kappa shape index (κ3) is 4.37. The molecule has 1 N–H and O–H groups in total. The summed E-state index contributed by atoms with van der Waals surface area (Å²) in [6.45, 7) is 0.603. The lowest BCUT2D eigenvalue weighted by molar-refractivity contribution is -0.116. The summed E-state index contributed by atoms with van der Waals surface area (Å²) in [6.07, 6.45) is 3.18. The van der Waals surface area contributed by atoms with Crippen molar-refractivity contribution in [1.82, 2.24) is 19.3 Å². The number of fused-ring (bicyclic) bond motifs is 1. The molecule has 4 rings (SSSR count). The SMILES string of the molecule is O=C(CCn1cnc2ccccc2c1=O)Nc1ccnn1Cc1ccc(Cl)cc1Cl. The largest absolute Gasteiger partial charge is 0.311 e. The van der Waals surface area contributed by atoms with Gasteiger partial charge in [0.15, 0.2) is 0 Å². The molecule has 0 aliphatic rings. The molecule has 2 heterocycles. The molecular weight excluding hydrogens is 425 g/mol. The quantitative estimate of drug-likeness (QED) is 0.490. The summed E-state index contributed by atoms with van der Waals surface area (Å²) in [5, 5.41) is 8.67. The van der Waals surface area contributed by atoms with Crippen LogP contribution in [0.25, 0.3) is 10.9 Å². The van der Waals surface area contributed by atoms with Gasteiger partial charge < -0.3 is 5.32 Å². The van der Waals surface area contributed by atoms with Crippen molar-refractivity contribution >= 4 is 45.8 Å². The molecule has 0 spiro atoms. The second-order valence-electron chi connectivity index (χ2n) is 6.67. The molecule has 0 radical (unpaired) electrons. The van der Waals surface area contributed by atoms with Crippen molar-refractivity contribution in [3.05, 3.63) is 87.0 Å². The van der Waals surface area contributed by atoms with E-state index in [0.29, 0.717) is 33.3 Å². The van der Waals surface area contributed by atoms with Crippen molar-refractivity contribution < 1.29 is 4.79 Å². The zero-order valence-electron chi connectivity index (χ0n) is 15.8. The lowest BCUT2D eigenvalue weighted by Gasteiger charge is -2.11. The minimum atomic E-state index is -0.237. The van der Waals surface area contributed by atoms with Crippen molar-refractivity contribution in [2.45, 2.75) is 19.5 Å². The van der Waals surface area contributed by atoms with E-state index in [1.165, 1.54) is 10.9 Å². The number of carbonyl (C=O) groups is 1. The zero-order valence-corrected chi connectivity index (χ0v) is 17.3. The maximum Gasteiger partial charge on any atom is 0.261 e. The first-order valence-corrected chi connectivity index (χ1v) is 9.96. The van der Waals surface area contributed by atoms with Crippen molar-refractivity contribution in [2.75, 3.05) is 5.32 Å². The Morgan fingerprint density at radius 3 is 2.77 bits per heavy atom. The molecule has 0 unspecified atom stereocenters. The first-order valence-electron chi connectivity index (χ1n) is 9.21. The molecule has 2 aromatic carbocycles. The first kappa shape index (κ1) is 20.1. The van der Waals surface area contributed by atoms with Crippen LogP contribution in [0.2, 0.25) is 10.0 Å². The number of anilines is 1. The number of para-hydroxylation sites is 1. The molecule has 152 valence electrons. The van der Waals surface area contributed by atoms with Gasteiger partial charge in [-0.25, -0.2) is 9.67 Å². The number of nitrogens with one attached hydrogen (secondary N) is 1. The molecule has 30 heavy (non-hydrogen) atoms. The van der Waals surface area contributed by atoms with Gasteiger partial charge in [0, 0.05) is 29.1 Å². The summed E-state index contributed by atoms with van der Waals surface area (Å²) < 4.78 is 3.07. The van der Waals surface area contributed by atoms with Crippen LogP contribution in [-0.4, -0.2) is 25.2 Å². The van der Waals surface area contributed by atoms with Gasteiger partial charge in [-0.2, -0.15) is 5.10 Å². The second kappa shape index (κ2) is 8.69. The number of rotatable bonds is 6. The molecule has 0 aliphatic heterocycles. The molecule has 0 saturated carbocycles. The minimum absolute atomic E-state index is 0.118. The summed E-state index contributed by atoms with van der Waals surface area (Å²) in [4.78, 5) is 29.2. The molecule has 0 saturated heterocycles. The molecular formula is C21H17Cl2N5O2. The second-order valence-corrected chi connectivity index (χ2v) is 7.51. The fraction of sp³-hybridized carbons (Fsp3) is 0.143. The van der Waals surface area contributed by atoms with Gasteiger partial charge in [0.05, 0.1) is 30.0 Å². The highest BCUT2D eigenvalue weighted by Crippen LogP contribution is 2.22. The smallest absolute Gasteiger partial charge is 0.261 e. The number of halogens is 2. The highest BCUT2D eigenvalue weighted by molar-refractivity contribution is 6.35. The number of benzene rings is 2. The predicted molar refractivity (Wildman–Crippen MR) is 117 cm³/mol. The Balaban J connectivity index is 1.42. The van der Waals surface area contributed by atoms with E-state index in [1.54, 1.807) is 47.3 Å². The van der Waals surface area contributed by atoms with Crippen LogP contribution in [0, 0.1) is 0 Å². The topological polar surface area (TPSA) is 81.8 Å². The van der Waals surface area contributed by atoms with Crippen LogP contribution in [0.5, 0.6) is 0 Å². The Labute approximate surface area is 181 Å². The number of nitrogens with zero attached hydrogens (tertiary/aromatic N) is 4. The van der Waals surface area contributed by atoms with Crippen LogP contribution < -0.4 is 10.9 Å². The molecule has 4 aromatic rings. The number of aryl methyl sites for hydroxylation is 1. The molecule has 0 bridgehead atoms. The van der Waals surface area contributed by atoms with E-state index in [1.807, 2.05) is 12.1 Å². The lowest BCUT2D eigenvalue weighted by atomic mass is 10.2. The Kier molecular flexibility index (Phi) is 5.83. The van der Waals surface area contributed by atoms with Gasteiger partial charge in [-0.05, 0) is 29.8 Å². The molecule has 2 aromatic heterocycles.